The fourth-order valence-corrected chi connectivity index (χ4v) is 2.78. The number of nitrogens with zero attached hydrogens (tertiary/aromatic N) is 2. The van der Waals surface area contributed by atoms with Crippen molar-refractivity contribution in [1.29, 1.82) is 0 Å². The van der Waals surface area contributed by atoms with Crippen LogP contribution in [-0.2, 0) is 14.8 Å². The van der Waals surface area contributed by atoms with Crippen LogP contribution in [0.3, 0.4) is 0 Å². The molecule has 1 aromatic heterocycles. The van der Waals surface area contributed by atoms with Crippen LogP contribution in [0.1, 0.15) is 0 Å². The van der Waals surface area contributed by atoms with Gasteiger partial charge in [-0.25, -0.2) is 18.4 Å². The van der Waals surface area contributed by atoms with Crippen LogP contribution in [0.15, 0.2) is 15.4 Å². The van der Waals surface area contributed by atoms with Crippen molar-refractivity contribution in [3.63, 3.8) is 0 Å². The molecule has 9 heteroatoms. The molecule has 0 radical (unpaired) electrons. The van der Waals surface area contributed by atoms with Gasteiger partial charge in [-0.3, -0.25) is 4.72 Å². The van der Waals surface area contributed by atoms with E-state index in [-0.39, 0.29) is 18.2 Å². The fourth-order valence-electron chi connectivity index (χ4n) is 0.806. The molecular weight excluding hydrogens is 366 g/mol. The molecule has 0 aromatic carbocycles. The first-order chi connectivity index (χ1) is 7.44. The maximum atomic E-state index is 11.5. The number of ether oxygens (including phenoxy) is 1. The van der Waals surface area contributed by atoms with Crippen LogP contribution >= 0.6 is 31.9 Å². The summed E-state index contributed by atoms with van der Waals surface area (Å²) in [5, 5.41) is 0. The third kappa shape index (κ3) is 4.32. The average Bonchev–Trinajstić information content (AvgIpc) is 2.19. The Morgan fingerprint density at radius 3 is 2.75 bits per heavy atom. The molecule has 1 N–H and O–H groups in total. The van der Waals surface area contributed by atoms with Crippen LogP contribution in [0.4, 0.5) is 5.82 Å². The second kappa shape index (κ2) is 5.89. The van der Waals surface area contributed by atoms with Gasteiger partial charge in [-0.1, -0.05) is 0 Å². The quantitative estimate of drug-likeness (QED) is 0.842. The molecule has 6 nitrogen and oxygen atoms in total. The summed E-state index contributed by atoms with van der Waals surface area (Å²) in [5.41, 5.74) is 0. The largest absolute Gasteiger partial charge is 0.384 e. The minimum atomic E-state index is -3.45. The van der Waals surface area contributed by atoms with Gasteiger partial charge in [0.15, 0.2) is 10.4 Å². The molecule has 0 unspecified atom stereocenters. The highest BCUT2D eigenvalue weighted by atomic mass is 79.9. The van der Waals surface area contributed by atoms with E-state index in [1.165, 1.54) is 13.3 Å². The van der Waals surface area contributed by atoms with Crippen LogP contribution < -0.4 is 4.72 Å². The van der Waals surface area contributed by atoms with Crippen molar-refractivity contribution in [1.82, 2.24) is 9.97 Å². The molecule has 16 heavy (non-hydrogen) atoms. The van der Waals surface area contributed by atoms with Crippen LogP contribution in [0.25, 0.3) is 0 Å². The van der Waals surface area contributed by atoms with Crippen molar-refractivity contribution in [3.8, 4) is 0 Å². The lowest BCUT2D eigenvalue weighted by Gasteiger charge is -2.07. The monoisotopic (exact) mass is 373 g/mol. The normalized spacial score (nSPS) is 11.4. The van der Waals surface area contributed by atoms with Crippen LogP contribution in [-0.4, -0.2) is 37.9 Å². The zero-order chi connectivity index (χ0) is 12.2. The Kier molecular flexibility index (Phi) is 5.09. The van der Waals surface area contributed by atoms with Crippen molar-refractivity contribution in [3.05, 3.63) is 15.4 Å². The molecule has 0 aliphatic heterocycles. The minimum absolute atomic E-state index is 0.122. The number of halogens is 2. The lowest BCUT2D eigenvalue weighted by atomic mass is 10.7. The summed E-state index contributed by atoms with van der Waals surface area (Å²) in [6.07, 6.45) is 1.40. The van der Waals surface area contributed by atoms with E-state index < -0.39 is 10.0 Å². The van der Waals surface area contributed by atoms with Gasteiger partial charge >= 0.3 is 0 Å². The summed E-state index contributed by atoms with van der Waals surface area (Å²) in [4.78, 5) is 7.83. The first-order valence-corrected chi connectivity index (χ1v) is 7.36. The smallest absolute Gasteiger partial charge is 0.236 e. The Morgan fingerprint density at radius 1 is 1.50 bits per heavy atom. The maximum absolute atomic E-state index is 11.5. The van der Waals surface area contributed by atoms with Gasteiger partial charge in [-0.2, -0.15) is 0 Å². The summed E-state index contributed by atoms with van der Waals surface area (Å²) in [5.74, 6) is 0.0209. The van der Waals surface area contributed by atoms with E-state index in [1.54, 1.807) is 0 Å². The third-order valence-electron chi connectivity index (χ3n) is 1.51. The van der Waals surface area contributed by atoms with E-state index in [2.05, 4.69) is 46.5 Å². The Hall–Kier alpha value is -0.250. The molecular formula is C7H9Br2N3O3S. The van der Waals surface area contributed by atoms with Gasteiger partial charge in [0.2, 0.25) is 10.0 Å². The number of rotatable bonds is 5. The van der Waals surface area contributed by atoms with E-state index in [0.29, 0.717) is 9.21 Å². The van der Waals surface area contributed by atoms with Crippen molar-refractivity contribution in [2.75, 3.05) is 24.2 Å². The van der Waals surface area contributed by atoms with Gasteiger partial charge in [-0.15, -0.1) is 0 Å². The second-order valence-corrected chi connectivity index (χ2v) is 6.15. The van der Waals surface area contributed by atoms with Crippen LogP contribution in [0.2, 0.25) is 0 Å². The molecule has 0 fully saturated rings. The summed E-state index contributed by atoms with van der Waals surface area (Å²) in [6, 6.07) is 0. The topological polar surface area (TPSA) is 81.2 Å². The Balaban J connectivity index is 2.80. The fraction of sp³-hybridized carbons (Fsp3) is 0.429. The van der Waals surface area contributed by atoms with Gasteiger partial charge in [0, 0.05) is 7.11 Å². The zero-order valence-corrected chi connectivity index (χ0v) is 12.3. The number of anilines is 1. The minimum Gasteiger partial charge on any atom is -0.384 e. The summed E-state index contributed by atoms with van der Waals surface area (Å²) < 4.78 is 30.8. The Morgan fingerprint density at radius 2 is 2.19 bits per heavy atom. The predicted octanol–water partition coefficient (Wildman–Crippen LogP) is 1.39. The van der Waals surface area contributed by atoms with Crippen LogP contribution in [0, 0.1) is 0 Å². The number of nitrogens with one attached hydrogen (secondary N) is 1. The SMILES string of the molecule is COCCS(=O)(=O)Nc1ncc(Br)nc1Br. The summed E-state index contributed by atoms with van der Waals surface area (Å²) in [7, 11) is -2.02. The highest BCUT2D eigenvalue weighted by Gasteiger charge is 2.13. The van der Waals surface area contributed by atoms with Crippen molar-refractivity contribution in [2.45, 2.75) is 0 Å². The summed E-state index contributed by atoms with van der Waals surface area (Å²) in [6.45, 7) is 0.122. The average molecular weight is 375 g/mol. The lowest BCUT2D eigenvalue weighted by molar-refractivity contribution is 0.217. The molecule has 0 saturated carbocycles. The standard InChI is InChI=1S/C7H9Br2N3O3S/c1-15-2-3-16(13,14)12-7-6(9)11-5(8)4-10-7/h4H,2-3H2,1H3,(H,10,12). The molecule has 0 saturated heterocycles. The molecule has 0 amide bonds. The lowest BCUT2D eigenvalue weighted by Crippen LogP contribution is -2.20. The zero-order valence-electron chi connectivity index (χ0n) is 8.27. The predicted molar refractivity (Wildman–Crippen MR) is 66.7 cm³/mol. The molecule has 0 aliphatic rings. The highest BCUT2D eigenvalue weighted by Crippen LogP contribution is 2.20. The number of hydrogen-bond acceptors (Lipinski definition) is 5. The Bertz CT molecular complexity index is 466. The van der Waals surface area contributed by atoms with Gasteiger partial charge in [0.25, 0.3) is 0 Å². The van der Waals surface area contributed by atoms with Gasteiger partial charge in [0.1, 0.15) is 4.60 Å². The Labute approximate surface area is 110 Å². The molecule has 0 aliphatic carbocycles. The molecule has 90 valence electrons. The molecule has 1 aromatic rings. The summed E-state index contributed by atoms with van der Waals surface area (Å²) >= 11 is 6.22. The van der Waals surface area contributed by atoms with E-state index in [4.69, 9.17) is 4.74 Å². The molecule has 0 bridgehead atoms. The third-order valence-corrected chi connectivity index (χ3v) is 3.65. The van der Waals surface area contributed by atoms with Crippen molar-refractivity contribution < 1.29 is 13.2 Å². The number of sulfonamides is 1. The van der Waals surface area contributed by atoms with Crippen LogP contribution in [0.5, 0.6) is 0 Å². The van der Waals surface area contributed by atoms with Crippen molar-refractivity contribution in [2.24, 2.45) is 0 Å². The van der Waals surface area contributed by atoms with Gasteiger partial charge < -0.3 is 4.74 Å². The second-order valence-electron chi connectivity index (χ2n) is 2.75. The van der Waals surface area contributed by atoms with E-state index >= 15 is 0 Å². The number of methoxy groups -OCH3 is 1. The molecule has 0 atom stereocenters. The van der Waals surface area contributed by atoms with Crippen molar-refractivity contribution >= 4 is 47.7 Å². The van der Waals surface area contributed by atoms with E-state index in [9.17, 15) is 8.42 Å². The highest BCUT2D eigenvalue weighted by molar-refractivity contribution is 9.11. The molecule has 0 spiro atoms. The molecule has 1 heterocycles. The first kappa shape index (κ1) is 13.8. The van der Waals surface area contributed by atoms with Gasteiger partial charge in [-0.05, 0) is 31.9 Å². The van der Waals surface area contributed by atoms with E-state index in [1.807, 2.05) is 0 Å². The maximum Gasteiger partial charge on any atom is 0.236 e. The number of hydrogen-bond donors (Lipinski definition) is 1. The first-order valence-electron chi connectivity index (χ1n) is 4.12. The van der Waals surface area contributed by atoms with Gasteiger partial charge in [0.05, 0.1) is 18.6 Å². The number of aromatic nitrogens is 2. The van der Waals surface area contributed by atoms with E-state index in [0.717, 1.165) is 0 Å². The molecule has 1 rings (SSSR count).